The molecule has 2 rings (SSSR count). The van der Waals surface area contributed by atoms with Gasteiger partial charge in [0, 0.05) is 12.0 Å². The summed E-state index contributed by atoms with van der Waals surface area (Å²) in [6.07, 6.45) is 2.44. The monoisotopic (exact) mass is 266 g/mol. The first kappa shape index (κ1) is 13.2. The summed E-state index contributed by atoms with van der Waals surface area (Å²) in [7, 11) is 1.69. The number of hydrogen-bond donors (Lipinski definition) is 2. The quantitative estimate of drug-likeness (QED) is 0.833. The molecule has 18 heavy (non-hydrogen) atoms. The zero-order valence-electron chi connectivity index (χ0n) is 10.6. The Morgan fingerprint density at radius 1 is 1.50 bits per heavy atom. The maximum atomic E-state index is 5.60. The molecule has 98 valence electrons. The summed E-state index contributed by atoms with van der Waals surface area (Å²) in [5.74, 6) is 0.861. The van der Waals surface area contributed by atoms with Crippen molar-refractivity contribution in [2.45, 2.75) is 19.4 Å². The Hall–Kier alpha value is -1.24. The van der Waals surface area contributed by atoms with Crippen LogP contribution in [0.3, 0.4) is 0 Å². The molecular formula is C12H18N4OS. The molecule has 0 aliphatic heterocycles. The lowest BCUT2D eigenvalue weighted by molar-refractivity contribution is 0.183. The molecule has 5 nitrogen and oxygen atoms in total. The van der Waals surface area contributed by atoms with Crippen molar-refractivity contribution in [3.8, 4) is 0 Å². The van der Waals surface area contributed by atoms with Crippen molar-refractivity contribution in [2.24, 2.45) is 5.73 Å². The SMILES string of the molecule is COCC(CCN)Nc1ncnc2sc(C)cc12. The van der Waals surface area contributed by atoms with E-state index >= 15 is 0 Å². The Morgan fingerprint density at radius 2 is 2.33 bits per heavy atom. The van der Waals surface area contributed by atoms with Crippen LogP contribution in [0, 0.1) is 6.92 Å². The minimum atomic E-state index is 0.179. The molecule has 1 atom stereocenters. The smallest absolute Gasteiger partial charge is 0.138 e. The molecule has 0 radical (unpaired) electrons. The van der Waals surface area contributed by atoms with Crippen LogP contribution in [-0.2, 0) is 4.74 Å². The van der Waals surface area contributed by atoms with Crippen molar-refractivity contribution in [3.05, 3.63) is 17.3 Å². The van der Waals surface area contributed by atoms with Crippen LogP contribution in [-0.4, -0.2) is 36.3 Å². The second-order valence-corrected chi connectivity index (χ2v) is 5.41. The Balaban J connectivity index is 2.23. The highest BCUT2D eigenvalue weighted by atomic mass is 32.1. The third-order valence-corrected chi connectivity index (χ3v) is 3.63. The van der Waals surface area contributed by atoms with Crippen molar-refractivity contribution in [1.82, 2.24) is 9.97 Å². The summed E-state index contributed by atoms with van der Waals surface area (Å²) in [5.41, 5.74) is 5.60. The molecule has 0 fully saturated rings. The van der Waals surface area contributed by atoms with Gasteiger partial charge >= 0.3 is 0 Å². The van der Waals surface area contributed by atoms with Crippen molar-refractivity contribution in [2.75, 3.05) is 25.6 Å². The molecule has 2 heterocycles. The average Bonchev–Trinajstić information content (AvgIpc) is 2.71. The van der Waals surface area contributed by atoms with Gasteiger partial charge in [-0.2, -0.15) is 0 Å². The average molecular weight is 266 g/mol. The predicted octanol–water partition coefficient (Wildman–Crippen LogP) is 1.78. The van der Waals surface area contributed by atoms with Gasteiger partial charge in [0.15, 0.2) is 0 Å². The van der Waals surface area contributed by atoms with Crippen LogP contribution in [0.4, 0.5) is 5.82 Å². The number of hydrogen-bond acceptors (Lipinski definition) is 6. The van der Waals surface area contributed by atoms with E-state index in [2.05, 4.69) is 28.3 Å². The first-order chi connectivity index (χ1) is 8.74. The maximum absolute atomic E-state index is 5.60. The normalized spacial score (nSPS) is 12.8. The zero-order chi connectivity index (χ0) is 13.0. The molecule has 2 aromatic rings. The molecule has 0 aliphatic rings. The van der Waals surface area contributed by atoms with Gasteiger partial charge in [-0.25, -0.2) is 9.97 Å². The van der Waals surface area contributed by atoms with Gasteiger partial charge in [0.1, 0.15) is 17.0 Å². The van der Waals surface area contributed by atoms with E-state index in [-0.39, 0.29) is 6.04 Å². The number of methoxy groups -OCH3 is 1. The minimum Gasteiger partial charge on any atom is -0.383 e. The molecule has 1 unspecified atom stereocenters. The highest BCUT2D eigenvalue weighted by Gasteiger charge is 2.12. The highest BCUT2D eigenvalue weighted by Crippen LogP contribution is 2.27. The fourth-order valence-electron chi connectivity index (χ4n) is 1.88. The number of nitrogens with zero attached hydrogens (tertiary/aromatic N) is 2. The highest BCUT2D eigenvalue weighted by molar-refractivity contribution is 7.18. The van der Waals surface area contributed by atoms with Gasteiger partial charge in [-0.1, -0.05) is 0 Å². The molecular weight excluding hydrogens is 248 g/mol. The van der Waals surface area contributed by atoms with Crippen molar-refractivity contribution >= 4 is 27.4 Å². The van der Waals surface area contributed by atoms with Crippen LogP contribution in [0.1, 0.15) is 11.3 Å². The molecule has 0 saturated heterocycles. The van der Waals surface area contributed by atoms with Crippen LogP contribution >= 0.6 is 11.3 Å². The Labute approximate surface area is 110 Å². The number of fused-ring (bicyclic) bond motifs is 1. The van der Waals surface area contributed by atoms with E-state index in [4.69, 9.17) is 10.5 Å². The van der Waals surface area contributed by atoms with Crippen LogP contribution < -0.4 is 11.1 Å². The molecule has 6 heteroatoms. The van der Waals surface area contributed by atoms with Gasteiger partial charge in [0.05, 0.1) is 18.0 Å². The summed E-state index contributed by atoms with van der Waals surface area (Å²) in [6.45, 7) is 3.31. The Morgan fingerprint density at radius 3 is 3.06 bits per heavy atom. The number of nitrogens with one attached hydrogen (secondary N) is 1. The van der Waals surface area contributed by atoms with Gasteiger partial charge in [0.2, 0.25) is 0 Å². The van der Waals surface area contributed by atoms with E-state index in [1.807, 2.05) is 0 Å². The fraction of sp³-hybridized carbons (Fsp3) is 0.500. The van der Waals surface area contributed by atoms with Gasteiger partial charge in [-0.3, -0.25) is 0 Å². The van der Waals surface area contributed by atoms with E-state index < -0.39 is 0 Å². The van der Waals surface area contributed by atoms with Crippen LogP contribution in [0.5, 0.6) is 0 Å². The first-order valence-electron chi connectivity index (χ1n) is 5.91. The third-order valence-electron chi connectivity index (χ3n) is 2.68. The van der Waals surface area contributed by atoms with E-state index in [0.717, 1.165) is 22.5 Å². The molecule has 3 N–H and O–H groups in total. The van der Waals surface area contributed by atoms with E-state index in [9.17, 15) is 0 Å². The Kier molecular flexibility index (Phi) is 4.46. The van der Waals surface area contributed by atoms with Gasteiger partial charge < -0.3 is 15.8 Å². The van der Waals surface area contributed by atoms with Crippen molar-refractivity contribution in [1.29, 1.82) is 0 Å². The largest absolute Gasteiger partial charge is 0.383 e. The predicted molar refractivity (Wildman–Crippen MR) is 75.1 cm³/mol. The van der Waals surface area contributed by atoms with Gasteiger partial charge in [0.25, 0.3) is 0 Å². The lowest BCUT2D eigenvalue weighted by Gasteiger charge is -2.17. The lowest BCUT2D eigenvalue weighted by atomic mass is 10.2. The number of thiophene rings is 1. The fourth-order valence-corrected chi connectivity index (χ4v) is 2.73. The summed E-state index contributed by atoms with van der Waals surface area (Å²) in [6, 6.07) is 2.28. The van der Waals surface area contributed by atoms with Crippen LogP contribution in [0.25, 0.3) is 10.2 Å². The van der Waals surface area contributed by atoms with Gasteiger partial charge in [-0.15, -0.1) is 11.3 Å². The topological polar surface area (TPSA) is 73.1 Å². The number of rotatable bonds is 6. The Bertz CT molecular complexity index is 508. The molecule has 0 aliphatic carbocycles. The summed E-state index contributed by atoms with van der Waals surface area (Å²) in [4.78, 5) is 10.8. The molecule has 2 aromatic heterocycles. The maximum Gasteiger partial charge on any atom is 0.138 e. The minimum absolute atomic E-state index is 0.179. The standard InChI is InChI=1S/C12H18N4OS/c1-8-5-10-11(14-7-15-12(10)18-8)16-9(3-4-13)6-17-2/h5,7,9H,3-4,6,13H2,1-2H3,(H,14,15,16). The summed E-state index contributed by atoms with van der Waals surface area (Å²) < 4.78 is 5.19. The number of anilines is 1. The number of aryl methyl sites for hydroxylation is 1. The molecule has 0 bridgehead atoms. The third kappa shape index (κ3) is 2.95. The second kappa shape index (κ2) is 6.08. The second-order valence-electron chi connectivity index (χ2n) is 4.17. The number of ether oxygens (including phenoxy) is 1. The van der Waals surface area contributed by atoms with Crippen molar-refractivity contribution in [3.63, 3.8) is 0 Å². The van der Waals surface area contributed by atoms with Crippen LogP contribution in [0.2, 0.25) is 0 Å². The molecule has 0 spiro atoms. The van der Waals surface area contributed by atoms with E-state index in [0.29, 0.717) is 13.2 Å². The van der Waals surface area contributed by atoms with Gasteiger partial charge in [-0.05, 0) is 26.0 Å². The van der Waals surface area contributed by atoms with Crippen LogP contribution in [0.15, 0.2) is 12.4 Å². The molecule has 0 aromatic carbocycles. The summed E-state index contributed by atoms with van der Waals surface area (Å²) in [5, 5.41) is 4.46. The lowest BCUT2D eigenvalue weighted by Crippen LogP contribution is -2.28. The molecule has 0 amide bonds. The number of aromatic nitrogens is 2. The van der Waals surface area contributed by atoms with E-state index in [1.165, 1.54) is 4.88 Å². The molecule has 0 saturated carbocycles. The zero-order valence-corrected chi connectivity index (χ0v) is 11.5. The first-order valence-corrected chi connectivity index (χ1v) is 6.73. The van der Waals surface area contributed by atoms with E-state index in [1.54, 1.807) is 24.8 Å². The summed E-state index contributed by atoms with van der Waals surface area (Å²) >= 11 is 1.67. The number of nitrogens with two attached hydrogens (primary N) is 1. The van der Waals surface area contributed by atoms with Crippen molar-refractivity contribution < 1.29 is 4.74 Å².